The third kappa shape index (κ3) is 1.38. The molecule has 0 spiro atoms. The molecule has 0 aliphatic carbocycles. The van der Waals surface area contributed by atoms with Crippen LogP contribution in [0.15, 0.2) is 23.9 Å². The molecule has 0 unspecified atom stereocenters. The predicted octanol–water partition coefficient (Wildman–Crippen LogP) is 0.894. The lowest BCUT2D eigenvalue weighted by Gasteiger charge is -2.29. The van der Waals surface area contributed by atoms with Gasteiger partial charge >= 0.3 is 0 Å². The molecule has 1 N–H and O–H groups in total. The van der Waals surface area contributed by atoms with Crippen molar-refractivity contribution < 1.29 is 4.74 Å². The van der Waals surface area contributed by atoms with E-state index >= 15 is 0 Å². The lowest BCUT2D eigenvalue weighted by atomic mass is 10.1. The summed E-state index contributed by atoms with van der Waals surface area (Å²) in [4.78, 5) is 2.13. The summed E-state index contributed by atoms with van der Waals surface area (Å²) >= 11 is 0. The molecule has 0 bridgehead atoms. The number of hydrogen-bond donors (Lipinski definition) is 1. The molecule has 2 aliphatic rings. The molecule has 0 aromatic carbocycles. The van der Waals surface area contributed by atoms with Gasteiger partial charge in [-0.25, -0.2) is 0 Å². The Morgan fingerprint density at radius 3 is 2.82 bits per heavy atom. The Hall–Kier alpha value is -2.06. The van der Waals surface area contributed by atoms with Gasteiger partial charge in [-0.3, -0.25) is 9.98 Å². The minimum Gasteiger partial charge on any atom is -0.378 e. The van der Waals surface area contributed by atoms with Crippen molar-refractivity contribution in [3.63, 3.8) is 0 Å². The van der Waals surface area contributed by atoms with Gasteiger partial charge in [0.15, 0.2) is 0 Å². The Balaban J connectivity index is 2.09. The molecule has 0 radical (unpaired) electrons. The largest absolute Gasteiger partial charge is 0.378 e. The molecule has 0 atom stereocenters. The van der Waals surface area contributed by atoms with Crippen LogP contribution in [0.2, 0.25) is 0 Å². The molecule has 1 saturated heterocycles. The third-order valence-electron chi connectivity index (χ3n) is 3.15. The molecule has 3 heterocycles. The van der Waals surface area contributed by atoms with E-state index in [9.17, 15) is 5.26 Å². The second-order valence-corrected chi connectivity index (χ2v) is 4.05. The highest BCUT2D eigenvalue weighted by atomic mass is 16.5. The van der Waals surface area contributed by atoms with E-state index in [-0.39, 0.29) is 5.84 Å². The summed E-state index contributed by atoms with van der Waals surface area (Å²) in [5, 5.41) is 17.2. The minimum atomic E-state index is 0.272. The number of hydrogen-bond acceptors (Lipinski definition) is 4. The zero-order valence-corrected chi connectivity index (χ0v) is 9.31. The number of allylic oxidation sites excluding steroid dienone is 1. The monoisotopic (exact) mass is 228 g/mol. The first-order valence-electron chi connectivity index (χ1n) is 5.57. The number of nitrogens with zero attached hydrogens (tertiary/aromatic N) is 3. The lowest BCUT2D eigenvalue weighted by Crippen LogP contribution is -2.35. The molecule has 86 valence electrons. The first kappa shape index (κ1) is 10.1. The van der Waals surface area contributed by atoms with Crippen LogP contribution in [0.25, 0.3) is 5.70 Å². The van der Waals surface area contributed by atoms with Crippen LogP contribution in [-0.2, 0) is 4.74 Å². The Labute approximate surface area is 99.0 Å². The number of fused-ring (bicyclic) bond motifs is 1. The van der Waals surface area contributed by atoms with Gasteiger partial charge in [-0.15, -0.1) is 0 Å². The summed E-state index contributed by atoms with van der Waals surface area (Å²) in [6.07, 6.45) is 1.82. The summed E-state index contributed by atoms with van der Waals surface area (Å²) < 4.78 is 7.07. The van der Waals surface area contributed by atoms with E-state index in [1.54, 1.807) is 4.57 Å². The van der Waals surface area contributed by atoms with Crippen LogP contribution in [0, 0.1) is 16.7 Å². The normalized spacial score (nSPS) is 19.5. The van der Waals surface area contributed by atoms with Crippen LogP contribution >= 0.6 is 0 Å². The highest BCUT2D eigenvalue weighted by molar-refractivity contribution is 6.12. The predicted molar refractivity (Wildman–Crippen MR) is 62.5 cm³/mol. The molecule has 5 nitrogen and oxygen atoms in total. The highest BCUT2D eigenvalue weighted by Gasteiger charge is 2.30. The zero-order chi connectivity index (χ0) is 11.8. The van der Waals surface area contributed by atoms with Crippen LogP contribution in [-0.4, -0.2) is 41.6 Å². The average Bonchev–Trinajstić information content (AvgIpc) is 2.92. The molecule has 2 aliphatic heterocycles. The van der Waals surface area contributed by atoms with Crippen LogP contribution in [0.3, 0.4) is 0 Å². The van der Waals surface area contributed by atoms with Gasteiger partial charge in [-0.1, -0.05) is 0 Å². The molecule has 0 amide bonds. The van der Waals surface area contributed by atoms with E-state index in [2.05, 4.69) is 11.0 Å². The van der Waals surface area contributed by atoms with Gasteiger partial charge in [0.25, 0.3) is 0 Å². The third-order valence-corrected chi connectivity index (χ3v) is 3.15. The first-order valence-corrected chi connectivity index (χ1v) is 5.57. The Morgan fingerprint density at radius 1 is 1.35 bits per heavy atom. The quantitative estimate of drug-likeness (QED) is 0.776. The fraction of sp³-hybridized carbons (Fsp3) is 0.333. The Morgan fingerprint density at radius 2 is 2.12 bits per heavy atom. The number of nitriles is 1. The van der Waals surface area contributed by atoms with E-state index in [1.165, 1.54) is 0 Å². The van der Waals surface area contributed by atoms with Crippen molar-refractivity contribution >= 4 is 11.5 Å². The molecular formula is C12H12N4O. The van der Waals surface area contributed by atoms with E-state index in [1.807, 2.05) is 18.3 Å². The smallest absolute Gasteiger partial charge is 0.149 e. The van der Waals surface area contributed by atoms with Crippen molar-refractivity contribution in [1.29, 1.82) is 10.7 Å². The maximum atomic E-state index is 9.21. The standard InChI is InChI=1S/C12H12N4O/c13-8-9-11(15-4-6-17-7-5-15)10-2-1-3-16(10)12(9)14/h1-3,14H,4-7H2. The molecule has 1 aromatic rings. The van der Waals surface area contributed by atoms with Gasteiger partial charge in [0.2, 0.25) is 0 Å². The maximum Gasteiger partial charge on any atom is 0.149 e. The van der Waals surface area contributed by atoms with Gasteiger partial charge in [-0.05, 0) is 12.1 Å². The molecule has 1 aromatic heterocycles. The molecule has 0 saturated carbocycles. The van der Waals surface area contributed by atoms with Crippen LogP contribution in [0.4, 0.5) is 0 Å². The number of nitrogens with one attached hydrogen (secondary N) is 1. The van der Waals surface area contributed by atoms with Crippen molar-refractivity contribution in [2.45, 2.75) is 0 Å². The Kier molecular flexibility index (Phi) is 2.23. The van der Waals surface area contributed by atoms with E-state index in [0.717, 1.165) is 24.5 Å². The zero-order valence-electron chi connectivity index (χ0n) is 9.31. The molecule has 5 heteroatoms. The second-order valence-electron chi connectivity index (χ2n) is 4.05. The molecule has 3 rings (SSSR count). The van der Waals surface area contributed by atoms with Gasteiger partial charge in [0.1, 0.15) is 17.5 Å². The fourth-order valence-electron chi connectivity index (χ4n) is 2.34. The van der Waals surface area contributed by atoms with E-state index < -0.39 is 0 Å². The molecule has 1 fully saturated rings. The van der Waals surface area contributed by atoms with Crippen LogP contribution in [0.5, 0.6) is 0 Å². The number of rotatable bonds is 1. The number of ether oxygens (including phenoxy) is 1. The molecule has 17 heavy (non-hydrogen) atoms. The summed E-state index contributed by atoms with van der Waals surface area (Å²) in [7, 11) is 0. The molecular weight excluding hydrogens is 216 g/mol. The van der Waals surface area contributed by atoms with Gasteiger partial charge in [-0.2, -0.15) is 5.26 Å². The Bertz CT molecular complexity index is 543. The van der Waals surface area contributed by atoms with Gasteiger partial charge < -0.3 is 9.64 Å². The summed E-state index contributed by atoms with van der Waals surface area (Å²) in [5.41, 5.74) is 2.28. The minimum absolute atomic E-state index is 0.272. The van der Waals surface area contributed by atoms with Crippen molar-refractivity contribution in [2.24, 2.45) is 0 Å². The summed E-state index contributed by atoms with van der Waals surface area (Å²) in [5.74, 6) is 0.272. The topological polar surface area (TPSA) is 65.0 Å². The number of aromatic nitrogens is 1. The van der Waals surface area contributed by atoms with Crippen LogP contribution in [0.1, 0.15) is 5.69 Å². The fourth-order valence-corrected chi connectivity index (χ4v) is 2.34. The highest BCUT2D eigenvalue weighted by Crippen LogP contribution is 2.31. The maximum absolute atomic E-state index is 9.21. The van der Waals surface area contributed by atoms with Gasteiger partial charge in [0.05, 0.1) is 24.6 Å². The van der Waals surface area contributed by atoms with Gasteiger partial charge in [0, 0.05) is 19.3 Å². The number of morpholine rings is 1. The first-order chi connectivity index (χ1) is 8.33. The summed E-state index contributed by atoms with van der Waals surface area (Å²) in [6.45, 7) is 2.91. The van der Waals surface area contributed by atoms with E-state index in [0.29, 0.717) is 18.8 Å². The average molecular weight is 228 g/mol. The lowest BCUT2D eigenvalue weighted by molar-refractivity contribution is 0.0638. The van der Waals surface area contributed by atoms with Crippen molar-refractivity contribution in [2.75, 3.05) is 26.3 Å². The van der Waals surface area contributed by atoms with E-state index in [4.69, 9.17) is 10.1 Å². The van der Waals surface area contributed by atoms with Crippen molar-refractivity contribution in [1.82, 2.24) is 9.47 Å². The summed E-state index contributed by atoms with van der Waals surface area (Å²) in [6, 6.07) is 6.00. The van der Waals surface area contributed by atoms with Crippen molar-refractivity contribution in [3.05, 3.63) is 29.6 Å². The second kappa shape index (κ2) is 3.75. The SMILES string of the molecule is N#CC1=C(N2CCOCC2)c2cccn2C1=N. The van der Waals surface area contributed by atoms with Crippen LogP contribution < -0.4 is 0 Å². The van der Waals surface area contributed by atoms with Crippen molar-refractivity contribution in [3.8, 4) is 6.07 Å².